The monoisotopic (exact) mass is 440 g/mol. The van der Waals surface area contributed by atoms with E-state index in [4.69, 9.17) is 0 Å². The Labute approximate surface area is 197 Å². The summed E-state index contributed by atoms with van der Waals surface area (Å²) in [4.78, 5) is 0. The van der Waals surface area contributed by atoms with Gasteiger partial charge >= 0.3 is 0 Å². The molecule has 0 saturated heterocycles. The van der Waals surface area contributed by atoms with E-state index in [1.165, 1.54) is 19.3 Å². The van der Waals surface area contributed by atoms with Crippen molar-refractivity contribution in [2.24, 2.45) is 39.4 Å². The van der Waals surface area contributed by atoms with Gasteiger partial charge in [-0.2, -0.15) is 0 Å². The van der Waals surface area contributed by atoms with E-state index in [0.29, 0.717) is 17.8 Å². The zero-order valence-corrected chi connectivity index (χ0v) is 22.0. The first kappa shape index (κ1) is 24.3. The summed E-state index contributed by atoms with van der Waals surface area (Å²) in [5.41, 5.74) is 3.24. The molecule has 0 spiro atoms. The topological polar surface area (TPSA) is 40.5 Å². The number of aliphatic hydroxyl groups excluding tert-OH is 1. The molecule has 4 aliphatic carbocycles. The summed E-state index contributed by atoms with van der Waals surface area (Å²) < 4.78 is 0. The van der Waals surface area contributed by atoms with Crippen LogP contribution in [0.4, 0.5) is 0 Å². The average Bonchev–Trinajstić information content (AvgIpc) is 2.96. The molecule has 0 heterocycles. The van der Waals surface area contributed by atoms with Gasteiger partial charge in [0.2, 0.25) is 0 Å². The first-order valence-corrected chi connectivity index (χ1v) is 13.2. The second-order valence-electron chi connectivity index (χ2n) is 13.7. The minimum atomic E-state index is -0.726. The molecule has 1 unspecified atom stereocenters. The summed E-state index contributed by atoms with van der Waals surface area (Å²) in [5, 5.41) is 20.8. The van der Waals surface area contributed by atoms with E-state index in [1.54, 1.807) is 11.1 Å². The summed E-state index contributed by atoms with van der Waals surface area (Å²) in [6, 6.07) is 0. The second-order valence-corrected chi connectivity index (χ2v) is 13.7. The molecule has 2 fully saturated rings. The Morgan fingerprint density at radius 1 is 1.06 bits per heavy atom. The van der Waals surface area contributed by atoms with Crippen LogP contribution in [0.25, 0.3) is 0 Å². The lowest BCUT2D eigenvalue weighted by Crippen LogP contribution is -2.54. The Kier molecular flexibility index (Phi) is 5.74. The Hall–Kier alpha value is -0.860. The predicted molar refractivity (Wildman–Crippen MR) is 134 cm³/mol. The largest absolute Gasteiger partial charge is 0.393 e. The standard InChI is InChI=1S/C30H48O2/c1-20(10-9-16-26(2,3)32)21-13-18-30(8)23-11-12-24-27(4,5)25(31)15-17-28(24,6)22(23)14-19-29(21,30)7/h9,11,14,16,20-21,24-25,31-32H,10,12-13,15,17-19H2,1-8H3/b16-9+/t20-,21+,24?,25+,28-,29+,30-/m1/s1. The number of hydrogen-bond acceptors (Lipinski definition) is 2. The maximum absolute atomic E-state index is 10.8. The van der Waals surface area contributed by atoms with Gasteiger partial charge in [-0.3, -0.25) is 0 Å². The van der Waals surface area contributed by atoms with Gasteiger partial charge in [0, 0.05) is 0 Å². The van der Waals surface area contributed by atoms with Crippen LogP contribution < -0.4 is 0 Å². The van der Waals surface area contributed by atoms with Crippen molar-refractivity contribution >= 4 is 0 Å². The van der Waals surface area contributed by atoms with Crippen molar-refractivity contribution < 1.29 is 10.2 Å². The Morgan fingerprint density at radius 3 is 2.41 bits per heavy atom. The fourth-order valence-corrected chi connectivity index (χ4v) is 8.68. The molecular formula is C30H48O2. The number of aliphatic hydroxyl groups is 2. The molecule has 0 bridgehead atoms. The molecule has 0 aliphatic heterocycles. The molecule has 4 aliphatic rings. The molecule has 0 amide bonds. The maximum atomic E-state index is 10.8. The molecule has 4 rings (SSSR count). The first-order chi connectivity index (χ1) is 14.7. The number of rotatable bonds is 4. The third-order valence-electron chi connectivity index (χ3n) is 11.0. The Bertz CT molecular complexity index is 839. The lowest BCUT2D eigenvalue weighted by molar-refractivity contribution is -0.0850. The summed E-state index contributed by atoms with van der Waals surface area (Å²) in [7, 11) is 0. The highest BCUT2D eigenvalue weighted by Gasteiger charge is 2.62. The van der Waals surface area contributed by atoms with E-state index >= 15 is 0 Å². The molecular weight excluding hydrogens is 392 g/mol. The minimum Gasteiger partial charge on any atom is -0.393 e. The summed E-state index contributed by atoms with van der Waals surface area (Å²) >= 11 is 0. The molecule has 2 N–H and O–H groups in total. The van der Waals surface area contributed by atoms with Gasteiger partial charge in [0.15, 0.2) is 0 Å². The molecule has 2 saturated carbocycles. The summed E-state index contributed by atoms with van der Waals surface area (Å²) in [5.74, 6) is 1.84. The van der Waals surface area contributed by atoms with Crippen molar-refractivity contribution in [3.8, 4) is 0 Å². The van der Waals surface area contributed by atoms with Crippen LogP contribution in [-0.2, 0) is 0 Å². The van der Waals surface area contributed by atoms with E-state index in [1.807, 2.05) is 19.9 Å². The van der Waals surface area contributed by atoms with Gasteiger partial charge in [-0.25, -0.2) is 0 Å². The van der Waals surface area contributed by atoms with Crippen LogP contribution >= 0.6 is 0 Å². The highest BCUT2D eigenvalue weighted by Crippen LogP contribution is 2.71. The molecule has 0 radical (unpaired) electrons. The quantitative estimate of drug-likeness (QED) is 0.453. The fraction of sp³-hybridized carbons (Fsp3) is 0.800. The number of fused-ring (bicyclic) bond motifs is 5. The maximum Gasteiger partial charge on any atom is 0.0771 e. The molecule has 0 aromatic carbocycles. The number of allylic oxidation sites excluding steroid dienone is 5. The van der Waals surface area contributed by atoms with Gasteiger partial charge in [-0.05, 0) is 109 Å². The van der Waals surface area contributed by atoms with Crippen LogP contribution in [0.1, 0.15) is 100 Å². The molecule has 0 aromatic rings. The van der Waals surface area contributed by atoms with Gasteiger partial charge in [0.1, 0.15) is 0 Å². The second kappa shape index (κ2) is 7.57. The SMILES string of the molecule is C[C@H](C/C=C/C(C)(C)O)[C@@H]1CC[C@]2(C)C3=CCC4C(C)(C)[C@@H](O)CC[C@]4(C)C3=CC[C@@]12C. The van der Waals surface area contributed by atoms with Gasteiger partial charge < -0.3 is 10.2 Å². The lowest BCUT2D eigenvalue weighted by Gasteiger charge is -2.61. The molecule has 7 atom stereocenters. The van der Waals surface area contributed by atoms with Crippen molar-refractivity contribution in [3.63, 3.8) is 0 Å². The molecule has 2 heteroatoms. The van der Waals surface area contributed by atoms with Gasteiger partial charge in [0.25, 0.3) is 0 Å². The first-order valence-electron chi connectivity index (χ1n) is 13.2. The van der Waals surface area contributed by atoms with Crippen molar-refractivity contribution in [1.29, 1.82) is 0 Å². The zero-order chi connectivity index (χ0) is 23.7. The van der Waals surface area contributed by atoms with Crippen LogP contribution in [0.3, 0.4) is 0 Å². The van der Waals surface area contributed by atoms with Crippen molar-refractivity contribution in [1.82, 2.24) is 0 Å². The third kappa shape index (κ3) is 3.42. The molecule has 0 aromatic heterocycles. The van der Waals surface area contributed by atoms with Gasteiger partial charge in [-0.15, -0.1) is 0 Å². The van der Waals surface area contributed by atoms with Crippen LogP contribution in [0.5, 0.6) is 0 Å². The van der Waals surface area contributed by atoms with Gasteiger partial charge in [-0.1, -0.05) is 65.8 Å². The van der Waals surface area contributed by atoms with E-state index in [0.717, 1.165) is 25.7 Å². The van der Waals surface area contributed by atoms with Crippen molar-refractivity contribution in [2.75, 3.05) is 0 Å². The highest BCUT2D eigenvalue weighted by atomic mass is 16.3. The molecule has 180 valence electrons. The van der Waals surface area contributed by atoms with Crippen LogP contribution in [-0.4, -0.2) is 21.9 Å². The third-order valence-corrected chi connectivity index (χ3v) is 11.0. The summed E-state index contributed by atoms with van der Waals surface area (Å²) in [6.45, 7) is 18.4. The number of hydrogen-bond donors (Lipinski definition) is 2. The highest BCUT2D eigenvalue weighted by molar-refractivity contribution is 5.49. The summed E-state index contributed by atoms with van der Waals surface area (Å²) in [6.07, 6.45) is 17.1. The predicted octanol–water partition coefficient (Wildman–Crippen LogP) is 7.23. The van der Waals surface area contributed by atoms with Crippen molar-refractivity contribution in [2.45, 2.75) is 112 Å². The van der Waals surface area contributed by atoms with E-state index in [9.17, 15) is 10.2 Å². The van der Waals surface area contributed by atoms with E-state index < -0.39 is 5.60 Å². The molecule has 2 nitrogen and oxygen atoms in total. The normalized spacial score (nSPS) is 44.4. The molecule has 32 heavy (non-hydrogen) atoms. The van der Waals surface area contributed by atoms with E-state index in [-0.39, 0.29) is 27.8 Å². The van der Waals surface area contributed by atoms with Crippen molar-refractivity contribution in [3.05, 3.63) is 35.5 Å². The zero-order valence-electron chi connectivity index (χ0n) is 22.0. The van der Waals surface area contributed by atoms with Gasteiger partial charge in [0.05, 0.1) is 11.7 Å². The van der Waals surface area contributed by atoms with Crippen LogP contribution in [0.15, 0.2) is 35.5 Å². The van der Waals surface area contributed by atoms with Crippen LogP contribution in [0, 0.1) is 39.4 Å². The van der Waals surface area contributed by atoms with Crippen LogP contribution in [0.2, 0.25) is 0 Å². The Balaban J connectivity index is 1.65. The Morgan fingerprint density at radius 2 is 1.75 bits per heavy atom. The fourth-order valence-electron chi connectivity index (χ4n) is 8.68. The smallest absolute Gasteiger partial charge is 0.0771 e. The lowest BCUT2D eigenvalue weighted by atomic mass is 9.44. The average molecular weight is 441 g/mol. The van der Waals surface area contributed by atoms with E-state index in [2.05, 4.69) is 59.8 Å². The minimum absolute atomic E-state index is 0.0307.